The van der Waals surface area contributed by atoms with Gasteiger partial charge in [0.2, 0.25) is 0 Å². The highest BCUT2D eigenvalue weighted by Crippen LogP contribution is 2.26. The zero-order valence-corrected chi connectivity index (χ0v) is 13.0. The molecule has 1 heterocycles. The monoisotopic (exact) mass is 291 g/mol. The van der Waals surface area contributed by atoms with Gasteiger partial charge in [-0.25, -0.2) is 4.68 Å². The van der Waals surface area contributed by atoms with Gasteiger partial charge >= 0.3 is 0 Å². The Kier molecular flexibility index (Phi) is 4.07. The first-order valence-electron chi connectivity index (χ1n) is 7.64. The highest BCUT2D eigenvalue weighted by atomic mass is 15.3. The molecule has 0 saturated heterocycles. The number of hydrogen-bond acceptors (Lipinski definition) is 2. The predicted molar refractivity (Wildman–Crippen MR) is 91.0 cm³/mol. The average molecular weight is 291 g/mol. The minimum Gasteiger partial charge on any atom is -0.325 e. The molecule has 0 bridgehead atoms. The number of hydrogen-bond donors (Lipinski definition) is 1. The Hall–Kier alpha value is -2.39. The molecule has 0 amide bonds. The number of para-hydroxylation sites is 1. The molecule has 0 saturated carbocycles. The van der Waals surface area contributed by atoms with Gasteiger partial charge in [0.05, 0.1) is 17.1 Å². The van der Waals surface area contributed by atoms with Crippen molar-refractivity contribution in [3.8, 4) is 16.9 Å². The molecule has 2 aromatic carbocycles. The number of benzene rings is 2. The van der Waals surface area contributed by atoms with Crippen LogP contribution in [0.2, 0.25) is 0 Å². The van der Waals surface area contributed by atoms with Crippen molar-refractivity contribution in [3.63, 3.8) is 0 Å². The molecule has 22 heavy (non-hydrogen) atoms. The van der Waals surface area contributed by atoms with E-state index in [1.54, 1.807) is 0 Å². The van der Waals surface area contributed by atoms with E-state index in [0.29, 0.717) is 12.5 Å². The van der Waals surface area contributed by atoms with Gasteiger partial charge in [-0.3, -0.25) is 0 Å². The van der Waals surface area contributed by atoms with E-state index in [-0.39, 0.29) is 0 Å². The molecule has 112 valence electrons. The molecule has 1 aromatic heterocycles. The molecule has 0 aliphatic rings. The highest BCUT2D eigenvalue weighted by Gasteiger charge is 2.11. The van der Waals surface area contributed by atoms with E-state index in [4.69, 9.17) is 5.73 Å². The van der Waals surface area contributed by atoms with Crippen molar-refractivity contribution < 1.29 is 0 Å². The largest absolute Gasteiger partial charge is 0.325 e. The van der Waals surface area contributed by atoms with Crippen molar-refractivity contribution >= 4 is 0 Å². The molecular weight excluding hydrogens is 270 g/mol. The molecule has 0 aliphatic heterocycles. The molecule has 3 rings (SSSR count). The molecule has 0 fully saturated rings. The minimum absolute atomic E-state index is 0.441. The quantitative estimate of drug-likeness (QED) is 0.785. The summed E-state index contributed by atoms with van der Waals surface area (Å²) in [4.78, 5) is 0. The lowest BCUT2D eigenvalue weighted by molar-refractivity contribution is 0.838. The first-order valence-corrected chi connectivity index (χ1v) is 7.64. The Labute approximate surface area is 131 Å². The van der Waals surface area contributed by atoms with Crippen LogP contribution in [0.1, 0.15) is 31.0 Å². The Bertz CT molecular complexity index is 740. The van der Waals surface area contributed by atoms with Gasteiger partial charge in [-0.1, -0.05) is 56.3 Å². The van der Waals surface area contributed by atoms with Gasteiger partial charge in [-0.2, -0.15) is 5.10 Å². The van der Waals surface area contributed by atoms with Crippen molar-refractivity contribution in [2.75, 3.05) is 0 Å². The summed E-state index contributed by atoms with van der Waals surface area (Å²) in [6.45, 7) is 4.85. The van der Waals surface area contributed by atoms with Crippen LogP contribution in [0.3, 0.4) is 0 Å². The fourth-order valence-corrected chi connectivity index (χ4v) is 2.54. The van der Waals surface area contributed by atoms with Crippen molar-refractivity contribution in [2.24, 2.45) is 5.73 Å². The van der Waals surface area contributed by atoms with Crippen LogP contribution < -0.4 is 5.73 Å². The second kappa shape index (κ2) is 6.16. The summed E-state index contributed by atoms with van der Waals surface area (Å²) < 4.78 is 1.96. The van der Waals surface area contributed by atoms with Crippen molar-refractivity contribution in [2.45, 2.75) is 26.3 Å². The zero-order valence-electron chi connectivity index (χ0n) is 13.0. The zero-order chi connectivity index (χ0) is 15.5. The second-order valence-corrected chi connectivity index (χ2v) is 5.75. The van der Waals surface area contributed by atoms with Crippen LogP contribution in [0.5, 0.6) is 0 Å². The van der Waals surface area contributed by atoms with E-state index in [9.17, 15) is 0 Å². The molecule has 0 aliphatic carbocycles. The maximum absolute atomic E-state index is 5.78. The third-order valence-corrected chi connectivity index (χ3v) is 3.84. The van der Waals surface area contributed by atoms with E-state index >= 15 is 0 Å². The van der Waals surface area contributed by atoms with Gasteiger partial charge < -0.3 is 5.73 Å². The third kappa shape index (κ3) is 2.81. The molecule has 0 unspecified atom stereocenters. The summed E-state index contributed by atoms with van der Waals surface area (Å²) >= 11 is 0. The Morgan fingerprint density at radius 2 is 1.68 bits per heavy atom. The Balaban J connectivity index is 2.08. The number of nitrogens with two attached hydrogens (primary N) is 1. The molecule has 0 spiro atoms. The number of nitrogens with zero attached hydrogens (tertiary/aromatic N) is 2. The molecule has 0 radical (unpaired) electrons. The van der Waals surface area contributed by atoms with Gasteiger partial charge in [-0.05, 0) is 29.7 Å². The average Bonchev–Trinajstić information content (AvgIpc) is 3.00. The molecule has 3 nitrogen and oxygen atoms in total. The van der Waals surface area contributed by atoms with Crippen molar-refractivity contribution in [1.82, 2.24) is 9.78 Å². The van der Waals surface area contributed by atoms with Crippen molar-refractivity contribution in [3.05, 3.63) is 71.9 Å². The van der Waals surface area contributed by atoms with Gasteiger partial charge in [0.15, 0.2) is 0 Å². The van der Waals surface area contributed by atoms with Crippen LogP contribution in [0.4, 0.5) is 0 Å². The molecule has 3 aromatic rings. The third-order valence-electron chi connectivity index (χ3n) is 3.84. The minimum atomic E-state index is 0.441. The van der Waals surface area contributed by atoms with Gasteiger partial charge in [0, 0.05) is 12.1 Å². The van der Waals surface area contributed by atoms with Crippen LogP contribution in [-0.4, -0.2) is 9.78 Å². The fourth-order valence-electron chi connectivity index (χ4n) is 2.54. The summed E-state index contributed by atoms with van der Waals surface area (Å²) in [6, 6.07) is 20.9. The second-order valence-electron chi connectivity index (χ2n) is 5.75. The standard InChI is InChI=1S/C19H21N3/c1-14(2)15-8-10-16(11-9-15)19-12-17(13-20)21-22(19)18-6-4-3-5-7-18/h3-12,14H,13,20H2,1-2H3. The normalized spacial score (nSPS) is 11.1. The summed E-state index contributed by atoms with van der Waals surface area (Å²) in [5.74, 6) is 0.535. The van der Waals surface area contributed by atoms with Crippen LogP contribution in [-0.2, 0) is 6.54 Å². The number of aromatic nitrogens is 2. The maximum atomic E-state index is 5.78. The smallest absolute Gasteiger partial charge is 0.0771 e. The summed E-state index contributed by atoms with van der Waals surface area (Å²) in [5.41, 5.74) is 11.3. The lowest BCUT2D eigenvalue weighted by Gasteiger charge is -2.09. The van der Waals surface area contributed by atoms with Gasteiger partial charge in [-0.15, -0.1) is 0 Å². The van der Waals surface area contributed by atoms with Crippen LogP contribution in [0.15, 0.2) is 60.7 Å². The summed E-state index contributed by atoms with van der Waals surface area (Å²) in [6.07, 6.45) is 0. The summed E-state index contributed by atoms with van der Waals surface area (Å²) in [5, 5.41) is 4.62. The Morgan fingerprint density at radius 3 is 2.27 bits per heavy atom. The van der Waals surface area contributed by atoms with E-state index in [1.807, 2.05) is 22.9 Å². The SMILES string of the molecule is CC(C)c1ccc(-c2cc(CN)nn2-c2ccccc2)cc1. The van der Waals surface area contributed by atoms with E-state index in [0.717, 1.165) is 22.6 Å². The molecular formula is C19H21N3. The van der Waals surface area contributed by atoms with E-state index in [1.165, 1.54) is 5.56 Å². The van der Waals surface area contributed by atoms with Crippen LogP contribution in [0.25, 0.3) is 16.9 Å². The molecule has 0 atom stereocenters. The predicted octanol–water partition coefficient (Wildman–Crippen LogP) is 4.12. The van der Waals surface area contributed by atoms with Crippen molar-refractivity contribution in [1.29, 1.82) is 0 Å². The lowest BCUT2D eigenvalue weighted by atomic mass is 10.0. The van der Waals surface area contributed by atoms with E-state index in [2.05, 4.69) is 61.4 Å². The van der Waals surface area contributed by atoms with Gasteiger partial charge in [0.25, 0.3) is 0 Å². The first kappa shape index (κ1) is 14.5. The van der Waals surface area contributed by atoms with Gasteiger partial charge in [0.1, 0.15) is 0 Å². The number of rotatable bonds is 4. The highest BCUT2D eigenvalue weighted by molar-refractivity contribution is 5.63. The molecule has 2 N–H and O–H groups in total. The lowest BCUT2D eigenvalue weighted by Crippen LogP contribution is -2.01. The topological polar surface area (TPSA) is 43.8 Å². The first-order chi connectivity index (χ1) is 10.7. The van der Waals surface area contributed by atoms with E-state index < -0.39 is 0 Å². The van der Waals surface area contributed by atoms with Crippen LogP contribution in [0, 0.1) is 0 Å². The summed E-state index contributed by atoms with van der Waals surface area (Å²) in [7, 11) is 0. The molecule has 3 heteroatoms. The van der Waals surface area contributed by atoms with Crippen LogP contribution >= 0.6 is 0 Å². The maximum Gasteiger partial charge on any atom is 0.0771 e. The Morgan fingerprint density at radius 1 is 1.00 bits per heavy atom. The fraction of sp³-hybridized carbons (Fsp3) is 0.211.